The molecular weight excluding hydrogens is 476 g/mol. The molecular formula is C28H42O7Si. The lowest BCUT2D eigenvalue weighted by atomic mass is 9.89. The van der Waals surface area contributed by atoms with Gasteiger partial charge in [-0.25, -0.2) is 0 Å². The number of rotatable bonds is 10. The van der Waals surface area contributed by atoms with Gasteiger partial charge in [-0.2, -0.15) is 0 Å². The van der Waals surface area contributed by atoms with Gasteiger partial charge in [-0.15, -0.1) is 0 Å². The first-order valence-electron chi connectivity index (χ1n) is 12.7. The first-order valence-corrected chi connectivity index (χ1v) is 14.7. The Morgan fingerprint density at radius 2 is 1.56 bits per heavy atom. The van der Waals surface area contributed by atoms with Crippen LogP contribution in [-0.2, 0) is 20.2 Å². The van der Waals surface area contributed by atoms with Crippen molar-refractivity contribution in [3.8, 4) is 11.5 Å². The predicted octanol–water partition coefficient (Wildman–Crippen LogP) is 4.84. The molecule has 1 saturated heterocycles. The van der Waals surface area contributed by atoms with Crippen molar-refractivity contribution >= 4 is 8.56 Å². The van der Waals surface area contributed by atoms with Gasteiger partial charge < -0.3 is 33.3 Å². The third-order valence-corrected chi connectivity index (χ3v) is 11.4. The van der Waals surface area contributed by atoms with E-state index in [1.807, 2.05) is 54.6 Å². The second-order valence-electron chi connectivity index (χ2n) is 10.4. The number of methoxy groups -OCH3 is 1. The van der Waals surface area contributed by atoms with Gasteiger partial charge in [0.05, 0.1) is 38.1 Å². The molecule has 2 N–H and O–H groups in total. The van der Waals surface area contributed by atoms with Crippen LogP contribution in [0.15, 0.2) is 54.6 Å². The van der Waals surface area contributed by atoms with Gasteiger partial charge in [0.15, 0.2) is 0 Å². The smallest absolute Gasteiger partial charge is 0.344 e. The molecule has 0 bridgehead atoms. The highest BCUT2D eigenvalue weighted by Crippen LogP contribution is 2.41. The van der Waals surface area contributed by atoms with Crippen LogP contribution in [0.2, 0.25) is 11.1 Å². The van der Waals surface area contributed by atoms with E-state index in [1.54, 1.807) is 14.0 Å². The molecule has 0 aliphatic carbocycles. The zero-order chi connectivity index (χ0) is 26.3. The molecule has 0 radical (unpaired) electrons. The molecule has 1 aliphatic heterocycles. The summed E-state index contributed by atoms with van der Waals surface area (Å²) in [5, 5.41) is 22.6. The Hall–Kier alpha value is -1.94. The highest BCUT2D eigenvalue weighted by molar-refractivity contribution is 6.70. The summed E-state index contributed by atoms with van der Waals surface area (Å²) >= 11 is 0. The molecule has 1 fully saturated rings. The fourth-order valence-electron chi connectivity index (χ4n) is 4.77. The molecule has 200 valence electrons. The Morgan fingerprint density at radius 1 is 0.944 bits per heavy atom. The summed E-state index contributed by atoms with van der Waals surface area (Å²) in [6.07, 6.45) is -2.12. The number of aliphatic hydroxyl groups is 2. The van der Waals surface area contributed by atoms with Gasteiger partial charge >= 0.3 is 8.56 Å². The SMILES string of the molecule is COc1ccc(OC[C@@H]2C[C@](C)(O)[C@H](O)[C@@H](COCc3ccccc3)O[Si](C(C)C)(C(C)C)O2)cc1. The first kappa shape index (κ1) is 28.6. The molecule has 0 aromatic heterocycles. The zero-order valence-electron chi connectivity index (χ0n) is 22.3. The van der Waals surface area contributed by atoms with Crippen molar-refractivity contribution < 1.29 is 33.3 Å². The Morgan fingerprint density at radius 3 is 2.14 bits per heavy atom. The van der Waals surface area contributed by atoms with Gasteiger partial charge in [0, 0.05) is 6.42 Å². The van der Waals surface area contributed by atoms with E-state index in [0.29, 0.717) is 12.4 Å². The molecule has 1 heterocycles. The van der Waals surface area contributed by atoms with E-state index in [1.165, 1.54) is 0 Å². The Bertz CT molecular complexity index is 909. The minimum absolute atomic E-state index is 0.104. The molecule has 0 amide bonds. The Labute approximate surface area is 216 Å². The van der Waals surface area contributed by atoms with E-state index in [9.17, 15) is 10.2 Å². The average molecular weight is 519 g/mol. The number of ether oxygens (including phenoxy) is 3. The number of hydrogen-bond donors (Lipinski definition) is 2. The van der Waals surface area contributed by atoms with Crippen molar-refractivity contribution in [1.29, 1.82) is 0 Å². The van der Waals surface area contributed by atoms with Crippen LogP contribution in [0, 0.1) is 0 Å². The summed E-state index contributed by atoms with van der Waals surface area (Å²) in [6.45, 7) is 10.8. The van der Waals surface area contributed by atoms with E-state index >= 15 is 0 Å². The Kier molecular flexibility index (Phi) is 9.97. The molecule has 0 unspecified atom stereocenters. The topological polar surface area (TPSA) is 86.6 Å². The lowest BCUT2D eigenvalue weighted by Crippen LogP contribution is -2.63. The van der Waals surface area contributed by atoms with Gasteiger partial charge in [0.2, 0.25) is 0 Å². The van der Waals surface area contributed by atoms with Crippen LogP contribution in [0.4, 0.5) is 0 Å². The minimum atomic E-state index is -2.88. The molecule has 0 spiro atoms. The van der Waals surface area contributed by atoms with E-state index in [0.717, 1.165) is 11.3 Å². The maximum Gasteiger partial charge on any atom is 0.344 e. The summed E-state index contributed by atoms with van der Waals surface area (Å²) < 4.78 is 30.7. The maximum atomic E-state index is 11.3. The van der Waals surface area contributed by atoms with Crippen LogP contribution in [-0.4, -0.2) is 63.0 Å². The summed E-state index contributed by atoms with van der Waals surface area (Å²) in [5.41, 5.74) is -0.211. The maximum absolute atomic E-state index is 11.3. The molecule has 2 aromatic rings. The van der Waals surface area contributed by atoms with Crippen LogP contribution in [0.25, 0.3) is 0 Å². The fraction of sp³-hybridized carbons (Fsp3) is 0.571. The van der Waals surface area contributed by atoms with Crippen molar-refractivity contribution in [3.05, 3.63) is 60.2 Å². The molecule has 4 atom stereocenters. The van der Waals surface area contributed by atoms with Crippen molar-refractivity contribution in [2.45, 2.75) is 82.6 Å². The number of aliphatic hydroxyl groups excluding tert-OH is 1. The molecule has 8 heteroatoms. The zero-order valence-corrected chi connectivity index (χ0v) is 23.3. The van der Waals surface area contributed by atoms with Gasteiger partial charge in [-0.05, 0) is 47.8 Å². The van der Waals surface area contributed by atoms with Crippen molar-refractivity contribution in [1.82, 2.24) is 0 Å². The van der Waals surface area contributed by atoms with Gasteiger partial charge in [0.25, 0.3) is 0 Å². The van der Waals surface area contributed by atoms with Crippen molar-refractivity contribution in [2.24, 2.45) is 0 Å². The molecule has 1 aliphatic rings. The van der Waals surface area contributed by atoms with E-state index < -0.39 is 32.5 Å². The predicted molar refractivity (Wildman–Crippen MR) is 142 cm³/mol. The van der Waals surface area contributed by atoms with Crippen LogP contribution >= 0.6 is 0 Å². The van der Waals surface area contributed by atoms with Gasteiger partial charge in [-0.1, -0.05) is 58.0 Å². The second kappa shape index (κ2) is 12.5. The largest absolute Gasteiger partial charge is 0.497 e. The highest BCUT2D eigenvalue weighted by Gasteiger charge is 2.54. The third kappa shape index (κ3) is 7.09. The van der Waals surface area contributed by atoms with Crippen LogP contribution in [0.3, 0.4) is 0 Å². The monoisotopic (exact) mass is 518 g/mol. The van der Waals surface area contributed by atoms with E-state index in [-0.39, 0.29) is 30.7 Å². The summed E-state index contributed by atoms with van der Waals surface area (Å²) in [7, 11) is -1.27. The molecule has 7 nitrogen and oxygen atoms in total. The van der Waals surface area contributed by atoms with E-state index in [4.69, 9.17) is 23.1 Å². The summed E-state index contributed by atoms with van der Waals surface area (Å²) in [4.78, 5) is 0. The van der Waals surface area contributed by atoms with Crippen molar-refractivity contribution in [2.75, 3.05) is 20.3 Å². The van der Waals surface area contributed by atoms with Crippen LogP contribution in [0.1, 0.15) is 46.6 Å². The van der Waals surface area contributed by atoms with Crippen molar-refractivity contribution in [3.63, 3.8) is 0 Å². The molecule has 0 saturated carbocycles. The molecule has 3 rings (SSSR count). The first-order chi connectivity index (χ1) is 17.1. The molecule has 36 heavy (non-hydrogen) atoms. The summed E-state index contributed by atoms with van der Waals surface area (Å²) in [5.74, 6) is 1.42. The van der Waals surface area contributed by atoms with Gasteiger partial charge in [0.1, 0.15) is 24.2 Å². The lowest BCUT2D eigenvalue weighted by Gasteiger charge is -2.48. The standard InChI is InChI=1S/C28H42O7Si/c1-20(2)36(21(3)4)34-25(18-33-24-14-12-23(31-6)13-15-24)16-28(5,30)27(29)26(35-36)19-32-17-22-10-8-7-9-11-22/h7-15,20-21,25-27,29-30H,16-19H2,1-6H3/t25-,26+,27+,28-/m0/s1. The summed E-state index contributed by atoms with van der Waals surface area (Å²) in [6, 6.07) is 17.2. The van der Waals surface area contributed by atoms with Crippen LogP contribution < -0.4 is 9.47 Å². The van der Waals surface area contributed by atoms with E-state index in [2.05, 4.69) is 27.7 Å². The average Bonchev–Trinajstić information content (AvgIpc) is 2.85. The van der Waals surface area contributed by atoms with Crippen LogP contribution in [0.5, 0.6) is 11.5 Å². The third-order valence-electron chi connectivity index (χ3n) is 6.82. The molecule has 2 aromatic carbocycles. The van der Waals surface area contributed by atoms with Gasteiger partial charge in [-0.3, -0.25) is 0 Å². The normalized spacial score (nSPS) is 26.4. The highest BCUT2D eigenvalue weighted by atomic mass is 28.4. The number of benzene rings is 2. The second-order valence-corrected chi connectivity index (χ2v) is 14.6. The minimum Gasteiger partial charge on any atom is -0.497 e. The number of hydrogen-bond acceptors (Lipinski definition) is 7. The lowest BCUT2D eigenvalue weighted by molar-refractivity contribution is -0.165. The fourth-order valence-corrected chi connectivity index (χ4v) is 8.59. The quantitative estimate of drug-likeness (QED) is 0.435. The Balaban J connectivity index is 1.79.